The topological polar surface area (TPSA) is 24.5 Å². The smallest absolute Gasteiger partial charge is 0.0716 e. The molecule has 0 aromatic carbocycles. The van der Waals surface area contributed by atoms with Crippen molar-refractivity contribution in [3.63, 3.8) is 0 Å². The minimum atomic E-state index is 0.445. The molecular weight excluding hydrogens is 140 g/mol. The number of rotatable bonds is 1. The van der Waals surface area contributed by atoms with Gasteiger partial charge in [0.25, 0.3) is 0 Å². The van der Waals surface area contributed by atoms with Gasteiger partial charge in [-0.2, -0.15) is 0 Å². The minimum absolute atomic E-state index is 0.445. The van der Waals surface area contributed by atoms with Crippen LogP contribution >= 0.6 is 0 Å². The molecule has 1 N–H and O–H groups in total. The van der Waals surface area contributed by atoms with E-state index in [4.69, 9.17) is 4.74 Å². The highest BCUT2D eigenvalue weighted by Crippen LogP contribution is 2.32. The molecule has 3 nitrogen and oxygen atoms in total. The molecule has 0 unspecified atom stereocenters. The molecule has 64 valence electrons. The van der Waals surface area contributed by atoms with E-state index < -0.39 is 0 Å². The van der Waals surface area contributed by atoms with Crippen LogP contribution in [0.2, 0.25) is 0 Å². The Labute approximate surface area is 67.7 Å². The summed E-state index contributed by atoms with van der Waals surface area (Å²) in [6, 6.07) is 0. The number of hydrogen-bond acceptors (Lipinski definition) is 3. The lowest BCUT2D eigenvalue weighted by molar-refractivity contribution is 0.0996. The molecule has 2 aliphatic rings. The predicted molar refractivity (Wildman–Crippen MR) is 43.6 cm³/mol. The molecule has 0 aromatic heterocycles. The highest BCUT2D eigenvalue weighted by atomic mass is 16.5. The predicted octanol–water partition coefficient (Wildman–Crippen LogP) is -0.321. The lowest BCUT2D eigenvalue weighted by Crippen LogP contribution is -2.65. The van der Waals surface area contributed by atoms with Crippen LogP contribution in [0.25, 0.3) is 0 Å². The Morgan fingerprint density at radius 1 is 1.55 bits per heavy atom. The van der Waals surface area contributed by atoms with Crippen LogP contribution in [-0.2, 0) is 4.74 Å². The van der Waals surface area contributed by atoms with E-state index in [9.17, 15) is 0 Å². The molecule has 0 amide bonds. The summed E-state index contributed by atoms with van der Waals surface area (Å²) in [6.07, 6.45) is 1.66. The number of ether oxygens (including phenoxy) is 1. The van der Waals surface area contributed by atoms with Gasteiger partial charge in [-0.05, 0) is 13.5 Å². The number of likely N-dealkylation sites (N-methyl/N-ethyl adjacent to an activating group) is 1. The fraction of sp³-hybridized carbons (Fsp3) is 1.00. The Kier molecular flexibility index (Phi) is 1.67. The van der Waals surface area contributed by atoms with Crippen LogP contribution in [0.1, 0.15) is 6.42 Å². The molecule has 0 aliphatic carbocycles. The Balaban J connectivity index is 2.02. The van der Waals surface area contributed by atoms with Gasteiger partial charge in [0.2, 0.25) is 0 Å². The molecule has 2 fully saturated rings. The summed E-state index contributed by atoms with van der Waals surface area (Å²) in [5, 5.41) is 3.32. The van der Waals surface area contributed by atoms with Gasteiger partial charge in [-0.3, -0.25) is 4.90 Å². The summed E-state index contributed by atoms with van der Waals surface area (Å²) < 4.78 is 5.34. The van der Waals surface area contributed by atoms with Crippen molar-refractivity contribution in [3.8, 4) is 0 Å². The maximum absolute atomic E-state index is 5.34. The Morgan fingerprint density at radius 3 is 2.55 bits per heavy atom. The average molecular weight is 156 g/mol. The van der Waals surface area contributed by atoms with Crippen molar-refractivity contribution < 1.29 is 4.74 Å². The highest BCUT2D eigenvalue weighted by molar-refractivity contribution is 5.07. The molecule has 11 heavy (non-hydrogen) atoms. The largest absolute Gasteiger partial charge is 0.380 e. The van der Waals surface area contributed by atoms with Gasteiger partial charge in [0.15, 0.2) is 0 Å². The second kappa shape index (κ2) is 2.44. The standard InChI is InChI=1S/C8H16N2O/c1-10-4-7(11-2)3-8(10)5-9-6-8/h7,9H,3-6H2,1-2H3/t7-/m0/s1. The molecule has 0 bridgehead atoms. The van der Waals surface area contributed by atoms with E-state index in [0.717, 1.165) is 19.6 Å². The summed E-state index contributed by atoms with van der Waals surface area (Å²) in [5.41, 5.74) is 0.445. The molecule has 1 atom stereocenters. The van der Waals surface area contributed by atoms with E-state index in [1.807, 2.05) is 7.11 Å². The Hall–Kier alpha value is -0.120. The molecule has 1 spiro atoms. The first-order valence-corrected chi connectivity index (χ1v) is 4.22. The van der Waals surface area contributed by atoms with Gasteiger partial charge in [-0.15, -0.1) is 0 Å². The highest BCUT2D eigenvalue weighted by Gasteiger charge is 2.47. The third-order valence-corrected chi connectivity index (χ3v) is 3.14. The van der Waals surface area contributed by atoms with E-state index in [1.54, 1.807) is 0 Å². The fourth-order valence-corrected chi connectivity index (χ4v) is 2.13. The van der Waals surface area contributed by atoms with Crippen molar-refractivity contribution in [2.45, 2.75) is 18.1 Å². The Bertz CT molecular complexity index is 156. The van der Waals surface area contributed by atoms with Crippen LogP contribution in [0, 0.1) is 0 Å². The zero-order valence-electron chi connectivity index (χ0n) is 7.26. The third-order valence-electron chi connectivity index (χ3n) is 3.14. The molecular formula is C8H16N2O. The lowest BCUT2D eigenvalue weighted by atomic mass is 9.89. The van der Waals surface area contributed by atoms with Gasteiger partial charge < -0.3 is 10.1 Å². The molecule has 0 saturated carbocycles. The summed E-state index contributed by atoms with van der Waals surface area (Å²) >= 11 is 0. The van der Waals surface area contributed by atoms with Crippen LogP contribution in [-0.4, -0.2) is 50.3 Å². The zero-order valence-corrected chi connectivity index (χ0v) is 7.26. The van der Waals surface area contributed by atoms with Gasteiger partial charge in [-0.1, -0.05) is 0 Å². The monoisotopic (exact) mass is 156 g/mol. The van der Waals surface area contributed by atoms with E-state index in [-0.39, 0.29) is 0 Å². The summed E-state index contributed by atoms with van der Waals surface area (Å²) in [6.45, 7) is 3.38. The number of likely N-dealkylation sites (tertiary alicyclic amines) is 1. The van der Waals surface area contributed by atoms with Crippen LogP contribution in [0.4, 0.5) is 0 Å². The normalized spacial score (nSPS) is 36.0. The first-order chi connectivity index (χ1) is 5.27. The van der Waals surface area contributed by atoms with E-state index >= 15 is 0 Å². The van der Waals surface area contributed by atoms with Crippen molar-refractivity contribution in [2.75, 3.05) is 33.8 Å². The van der Waals surface area contributed by atoms with Crippen molar-refractivity contribution in [3.05, 3.63) is 0 Å². The maximum Gasteiger partial charge on any atom is 0.0716 e. The van der Waals surface area contributed by atoms with Crippen molar-refractivity contribution in [1.29, 1.82) is 0 Å². The second-order valence-corrected chi connectivity index (χ2v) is 3.77. The Morgan fingerprint density at radius 2 is 2.27 bits per heavy atom. The van der Waals surface area contributed by atoms with Crippen LogP contribution in [0.5, 0.6) is 0 Å². The van der Waals surface area contributed by atoms with Gasteiger partial charge in [-0.25, -0.2) is 0 Å². The molecule has 3 heteroatoms. The summed E-state index contributed by atoms with van der Waals surface area (Å²) in [5.74, 6) is 0. The maximum atomic E-state index is 5.34. The van der Waals surface area contributed by atoms with E-state index in [2.05, 4.69) is 17.3 Å². The van der Waals surface area contributed by atoms with Gasteiger partial charge >= 0.3 is 0 Å². The first kappa shape index (κ1) is 7.53. The summed E-state index contributed by atoms with van der Waals surface area (Å²) in [4.78, 5) is 2.43. The quantitative estimate of drug-likeness (QED) is 0.563. The fourth-order valence-electron chi connectivity index (χ4n) is 2.13. The van der Waals surface area contributed by atoms with Crippen molar-refractivity contribution in [1.82, 2.24) is 10.2 Å². The van der Waals surface area contributed by atoms with Gasteiger partial charge in [0.05, 0.1) is 6.10 Å². The van der Waals surface area contributed by atoms with E-state index in [0.29, 0.717) is 11.6 Å². The zero-order chi connectivity index (χ0) is 7.90. The van der Waals surface area contributed by atoms with Crippen LogP contribution in [0.15, 0.2) is 0 Å². The number of nitrogens with one attached hydrogen (secondary N) is 1. The van der Waals surface area contributed by atoms with E-state index in [1.165, 1.54) is 6.42 Å². The van der Waals surface area contributed by atoms with Gasteiger partial charge in [0.1, 0.15) is 0 Å². The number of methoxy groups -OCH3 is 1. The first-order valence-electron chi connectivity index (χ1n) is 4.22. The SMILES string of the molecule is CO[C@@H]1CN(C)C2(CNC2)C1. The lowest BCUT2D eigenvalue weighted by Gasteiger charge is -2.44. The van der Waals surface area contributed by atoms with Crippen LogP contribution in [0.3, 0.4) is 0 Å². The second-order valence-electron chi connectivity index (χ2n) is 3.77. The average Bonchev–Trinajstić information content (AvgIpc) is 2.25. The van der Waals surface area contributed by atoms with Crippen molar-refractivity contribution in [2.24, 2.45) is 0 Å². The molecule has 0 aromatic rings. The molecule has 2 saturated heterocycles. The number of nitrogens with zero attached hydrogens (tertiary/aromatic N) is 1. The van der Waals surface area contributed by atoms with Crippen LogP contribution < -0.4 is 5.32 Å². The molecule has 2 aliphatic heterocycles. The van der Waals surface area contributed by atoms with Crippen molar-refractivity contribution >= 4 is 0 Å². The third kappa shape index (κ3) is 0.991. The molecule has 2 rings (SSSR count). The minimum Gasteiger partial charge on any atom is -0.380 e. The van der Waals surface area contributed by atoms with Gasteiger partial charge in [0, 0.05) is 32.3 Å². The summed E-state index contributed by atoms with van der Waals surface area (Å²) in [7, 11) is 4.00. The number of hydrogen-bond donors (Lipinski definition) is 1. The molecule has 2 heterocycles. The molecule has 0 radical (unpaired) electrons.